The summed E-state index contributed by atoms with van der Waals surface area (Å²) < 4.78 is 0.886. The van der Waals surface area contributed by atoms with E-state index in [-0.39, 0.29) is 11.6 Å². The molecule has 1 heterocycles. The van der Waals surface area contributed by atoms with Gasteiger partial charge in [0.25, 0.3) is 17.4 Å². The van der Waals surface area contributed by atoms with Crippen molar-refractivity contribution in [1.29, 1.82) is 0 Å². The van der Waals surface area contributed by atoms with Crippen molar-refractivity contribution >= 4 is 44.2 Å². The maximum Gasteiger partial charge on any atom is 0.272 e. The van der Waals surface area contributed by atoms with Crippen LogP contribution in [0.5, 0.6) is 0 Å². The minimum Gasteiger partial charge on any atom is -0.335 e. The van der Waals surface area contributed by atoms with Crippen LogP contribution in [0.4, 0.5) is 0 Å². The van der Waals surface area contributed by atoms with E-state index >= 15 is 0 Å². The van der Waals surface area contributed by atoms with Gasteiger partial charge in [0.2, 0.25) is 0 Å². The molecule has 0 bridgehead atoms. The Morgan fingerprint density at radius 3 is 2.28 bits per heavy atom. The molecular formula is C27H24BrN5O3. The van der Waals surface area contributed by atoms with Crippen molar-refractivity contribution in [3.63, 3.8) is 0 Å². The van der Waals surface area contributed by atoms with Crippen molar-refractivity contribution in [3.05, 3.63) is 111 Å². The molecule has 3 aromatic carbocycles. The molecule has 36 heavy (non-hydrogen) atoms. The van der Waals surface area contributed by atoms with Crippen LogP contribution in [-0.4, -0.2) is 27.7 Å². The summed E-state index contributed by atoms with van der Waals surface area (Å²) >= 11 is 3.46. The van der Waals surface area contributed by atoms with Gasteiger partial charge in [-0.3, -0.25) is 14.4 Å². The van der Waals surface area contributed by atoms with Gasteiger partial charge in [0.1, 0.15) is 5.69 Å². The van der Waals surface area contributed by atoms with Crippen molar-refractivity contribution in [3.8, 4) is 0 Å². The number of hydrazone groups is 1. The normalized spacial score (nSPS) is 12.4. The second-order valence-electron chi connectivity index (χ2n) is 8.39. The number of carbonyl (C=O) groups excluding carboxylic acids is 2. The van der Waals surface area contributed by atoms with E-state index in [1.165, 1.54) is 0 Å². The van der Waals surface area contributed by atoms with Gasteiger partial charge in [-0.25, -0.2) is 10.5 Å². The first-order valence-corrected chi connectivity index (χ1v) is 12.1. The molecule has 4 rings (SSSR count). The second-order valence-corrected chi connectivity index (χ2v) is 9.31. The molecule has 0 saturated heterocycles. The zero-order valence-electron chi connectivity index (χ0n) is 19.7. The predicted octanol–water partition coefficient (Wildman–Crippen LogP) is 4.33. The van der Waals surface area contributed by atoms with Crippen LogP contribution in [0, 0.1) is 5.92 Å². The van der Waals surface area contributed by atoms with Crippen LogP contribution >= 0.6 is 15.9 Å². The molecule has 0 aliphatic heterocycles. The number of rotatable bonds is 7. The van der Waals surface area contributed by atoms with Gasteiger partial charge in [0.15, 0.2) is 6.04 Å². The molecule has 3 N–H and O–H groups in total. The number of aromatic nitrogens is 2. The van der Waals surface area contributed by atoms with Crippen LogP contribution in [0.3, 0.4) is 0 Å². The fraction of sp³-hybridized carbons (Fsp3) is 0.148. The van der Waals surface area contributed by atoms with Crippen LogP contribution in [0.1, 0.15) is 41.5 Å². The number of hydrogen-bond donors (Lipinski definition) is 3. The SMILES string of the molecule is CC(C)/C(=N\NC(=O)C(NC(=O)c1ccccc1)c1n[nH]c(=O)c2ccccc12)c1cccc(Br)c1. The highest BCUT2D eigenvalue weighted by molar-refractivity contribution is 9.10. The molecule has 0 aliphatic rings. The van der Waals surface area contributed by atoms with Crippen LogP contribution in [0.15, 0.2) is 93.2 Å². The number of halogens is 1. The second kappa shape index (κ2) is 11.1. The van der Waals surface area contributed by atoms with E-state index < -0.39 is 23.4 Å². The highest BCUT2D eigenvalue weighted by Crippen LogP contribution is 2.21. The van der Waals surface area contributed by atoms with Gasteiger partial charge in [-0.2, -0.15) is 10.2 Å². The van der Waals surface area contributed by atoms with Crippen LogP contribution in [0.2, 0.25) is 0 Å². The predicted molar refractivity (Wildman–Crippen MR) is 143 cm³/mol. The Hall–Kier alpha value is -4.11. The molecule has 9 heteroatoms. The third-order valence-electron chi connectivity index (χ3n) is 5.53. The van der Waals surface area contributed by atoms with E-state index in [0.29, 0.717) is 22.0 Å². The lowest BCUT2D eigenvalue weighted by atomic mass is 10.0. The van der Waals surface area contributed by atoms with Gasteiger partial charge < -0.3 is 5.32 Å². The molecule has 0 spiro atoms. The summed E-state index contributed by atoms with van der Waals surface area (Å²) in [6, 6.07) is 21.7. The van der Waals surface area contributed by atoms with Crippen molar-refractivity contribution in [2.75, 3.05) is 0 Å². The Balaban J connectivity index is 1.74. The first-order chi connectivity index (χ1) is 17.3. The smallest absolute Gasteiger partial charge is 0.272 e. The van der Waals surface area contributed by atoms with Crippen molar-refractivity contribution < 1.29 is 9.59 Å². The summed E-state index contributed by atoms with van der Waals surface area (Å²) in [6.07, 6.45) is 0. The minimum absolute atomic E-state index is 0.00370. The fourth-order valence-electron chi connectivity index (χ4n) is 3.77. The average molecular weight is 546 g/mol. The molecule has 1 atom stereocenters. The molecule has 1 unspecified atom stereocenters. The molecule has 2 amide bonds. The van der Waals surface area contributed by atoms with E-state index in [2.05, 4.69) is 42.0 Å². The summed E-state index contributed by atoms with van der Waals surface area (Å²) in [7, 11) is 0. The lowest BCUT2D eigenvalue weighted by Gasteiger charge is -2.19. The Morgan fingerprint density at radius 2 is 1.58 bits per heavy atom. The number of benzene rings is 3. The van der Waals surface area contributed by atoms with E-state index in [0.717, 1.165) is 10.0 Å². The number of fused-ring (bicyclic) bond motifs is 1. The number of carbonyl (C=O) groups is 2. The van der Waals surface area contributed by atoms with Crippen LogP contribution in [0.25, 0.3) is 10.8 Å². The van der Waals surface area contributed by atoms with Crippen LogP contribution in [-0.2, 0) is 4.79 Å². The highest BCUT2D eigenvalue weighted by atomic mass is 79.9. The molecule has 4 aromatic rings. The zero-order valence-corrected chi connectivity index (χ0v) is 21.2. The van der Waals surface area contributed by atoms with E-state index in [9.17, 15) is 14.4 Å². The van der Waals surface area contributed by atoms with Gasteiger partial charge in [0, 0.05) is 15.4 Å². The van der Waals surface area contributed by atoms with Crippen molar-refractivity contribution in [2.24, 2.45) is 11.0 Å². The maximum absolute atomic E-state index is 13.5. The molecule has 0 saturated carbocycles. The Bertz CT molecular complexity index is 1500. The Kier molecular flexibility index (Phi) is 7.70. The number of nitrogens with zero attached hydrogens (tertiary/aromatic N) is 2. The summed E-state index contributed by atoms with van der Waals surface area (Å²) in [4.78, 5) is 38.8. The summed E-state index contributed by atoms with van der Waals surface area (Å²) in [5, 5.41) is 14.5. The monoisotopic (exact) mass is 545 g/mol. The van der Waals surface area contributed by atoms with E-state index in [4.69, 9.17) is 0 Å². The first-order valence-electron chi connectivity index (χ1n) is 11.3. The molecule has 0 aliphatic carbocycles. The Labute approximate surface area is 216 Å². The van der Waals surface area contributed by atoms with Crippen LogP contribution < -0.4 is 16.3 Å². The fourth-order valence-corrected chi connectivity index (χ4v) is 4.17. The quantitative estimate of drug-likeness (QED) is 0.236. The highest BCUT2D eigenvalue weighted by Gasteiger charge is 2.28. The van der Waals surface area contributed by atoms with E-state index in [1.54, 1.807) is 54.6 Å². The van der Waals surface area contributed by atoms with Gasteiger partial charge in [0.05, 0.1) is 11.1 Å². The molecule has 0 radical (unpaired) electrons. The lowest BCUT2D eigenvalue weighted by Crippen LogP contribution is -2.40. The third kappa shape index (κ3) is 5.58. The zero-order chi connectivity index (χ0) is 25.7. The first kappa shape index (κ1) is 25.0. The molecule has 8 nitrogen and oxygen atoms in total. The number of aromatic amines is 1. The minimum atomic E-state index is -1.22. The van der Waals surface area contributed by atoms with Gasteiger partial charge >= 0.3 is 0 Å². The third-order valence-corrected chi connectivity index (χ3v) is 6.02. The molecular weight excluding hydrogens is 522 g/mol. The van der Waals surface area contributed by atoms with E-state index in [1.807, 2.05) is 38.1 Å². The Morgan fingerprint density at radius 1 is 0.917 bits per heavy atom. The number of amides is 2. The summed E-state index contributed by atoms with van der Waals surface area (Å²) in [5.74, 6) is -1.06. The topological polar surface area (TPSA) is 116 Å². The number of H-pyrrole nitrogens is 1. The van der Waals surface area contributed by atoms with Crippen molar-refractivity contribution in [1.82, 2.24) is 20.9 Å². The number of nitrogens with one attached hydrogen (secondary N) is 3. The van der Waals surface area contributed by atoms with Gasteiger partial charge in [-0.15, -0.1) is 0 Å². The molecule has 0 fully saturated rings. The summed E-state index contributed by atoms with van der Waals surface area (Å²) in [5.41, 5.74) is 4.30. The molecule has 1 aromatic heterocycles. The number of hydrogen-bond acceptors (Lipinski definition) is 5. The maximum atomic E-state index is 13.5. The largest absolute Gasteiger partial charge is 0.335 e. The van der Waals surface area contributed by atoms with Gasteiger partial charge in [-0.1, -0.05) is 78.3 Å². The molecule has 182 valence electrons. The standard InChI is InChI=1S/C27H24BrN5O3/c1-16(2)22(18-11-8-12-19(28)15-18)30-33-27(36)24(29-25(34)17-9-4-3-5-10-17)23-20-13-6-7-14-21(20)26(35)32-31-23/h3-16,24H,1-2H3,(H,29,34)(H,32,35)(H,33,36)/b30-22+. The van der Waals surface area contributed by atoms with Crippen molar-refractivity contribution in [2.45, 2.75) is 19.9 Å². The lowest BCUT2D eigenvalue weighted by molar-refractivity contribution is -0.123. The van der Waals surface area contributed by atoms with Gasteiger partial charge in [-0.05, 0) is 41.8 Å². The average Bonchev–Trinajstić information content (AvgIpc) is 2.88. The summed E-state index contributed by atoms with van der Waals surface area (Å²) in [6.45, 7) is 3.94.